The summed E-state index contributed by atoms with van der Waals surface area (Å²) in [4.78, 5) is 23.2. The maximum atomic E-state index is 11.8. The van der Waals surface area contributed by atoms with Crippen LogP contribution in [0.4, 0.5) is 4.79 Å². The molecular weight excluding hydrogens is 427 g/mol. The van der Waals surface area contributed by atoms with E-state index in [2.05, 4.69) is 34.9 Å². The van der Waals surface area contributed by atoms with Gasteiger partial charge in [-0.3, -0.25) is 0 Å². The van der Waals surface area contributed by atoms with Crippen LogP contribution in [0.15, 0.2) is 30.3 Å². The standard InChI is InChI=1S/C20H28N2O3SSe/c23-18(25-12-6-7-13-27-15-8-2-1-3-9-15)11-5-4-10-17-19-16(14-26-17)21-20(24)22-19/h1-3,8-9,16-17,19H,4-7,10-14H2,(H2,21,22,24)/t16-,17-,19-/m0/s1. The number of rotatable bonds is 11. The van der Waals surface area contributed by atoms with Crippen LogP contribution in [0.3, 0.4) is 0 Å². The van der Waals surface area contributed by atoms with Gasteiger partial charge < -0.3 is 10.6 Å². The van der Waals surface area contributed by atoms with Gasteiger partial charge in [-0.2, -0.15) is 0 Å². The Morgan fingerprint density at radius 2 is 2.00 bits per heavy atom. The second kappa shape index (κ2) is 11.0. The van der Waals surface area contributed by atoms with Gasteiger partial charge in [0, 0.05) is 5.75 Å². The minimum atomic E-state index is -0.0728. The van der Waals surface area contributed by atoms with Gasteiger partial charge in [0.05, 0.1) is 6.04 Å². The van der Waals surface area contributed by atoms with E-state index in [9.17, 15) is 9.59 Å². The molecule has 1 aromatic carbocycles. The largest absolute Gasteiger partial charge is 0.332 e. The molecule has 2 aliphatic heterocycles. The van der Waals surface area contributed by atoms with Crippen molar-refractivity contribution in [2.24, 2.45) is 0 Å². The first-order valence-electron chi connectivity index (χ1n) is 9.74. The van der Waals surface area contributed by atoms with Crippen LogP contribution in [-0.4, -0.2) is 56.7 Å². The van der Waals surface area contributed by atoms with Crippen LogP contribution in [0.2, 0.25) is 5.32 Å². The number of esters is 1. The van der Waals surface area contributed by atoms with Gasteiger partial charge in [-0.25, -0.2) is 4.79 Å². The first-order valence-corrected chi connectivity index (χ1v) is 12.9. The molecule has 0 unspecified atom stereocenters. The van der Waals surface area contributed by atoms with Gasteiger partial charge in [-0.15, -0.1) is 0 Å². The van der Waals surface area contributed by atoms with E-state index in [-0.39, 0.29) is 24.1 Å². The quantitative estimate of drug-likeness (QED) is 0.233. The fourth-order valence-electron chi connectivity index (χ4n) is 3.43. The number of benzene rings is 1. The van der Waals surface area contributed by atoms with Crippen LogP contribution in [0, 0.1) is 0 Å². The smallest absolute Gasteiger partial charge is 0.332 e. The maximum absolute atomic E-state index is 11.8. The molecule has 0 aromatic heterocycles. The first-order chi connectivity index (χ1) is 13.2. The summed E-state index contributed by atoms with van der Waals surface area (Å²) in [5.74, 6) is 0.915. The van der Waals surface area contributed by atoms with Crippen LogP contribution >= 0.6 is 11.8 Å². The van der Waals surface area contributed by atoms with Gasteiger partial charge in [-0.05, 0) is 0 Å². The number of amides is 2. The van der Waals surface area contributed by atoms with Crippen LogP contribution in [0.25, 0.3) is 0 Å². The number of carbonyl (C=O) groups excluding carboxylic acids is 2. The minimum absolute atomic E-state index is 0.0381. The average Bonchev–Trinajstić information content (AvgIpc) is 3.22. The molecular formula is C20H28N2O3SSe. The molecule has 1 aromatic rings. The van der Waals surface area contributed by atoms with Gasteiger partial charge in [-0.1, -0.05) is 0 Å². The zero-order valence-electron chi connectivity index (χ0n) is 15.5. The van der Waals surface area contributed by atoms with Crippen LogP contribution in [0.5, 0.6) is 0 Å². The molecule has 0 spiro atoms. The van der Waals surface area contributed by atoms with Crippen molar-refractivity contribution in [1.29, 1.82) is 0 Å². The Bertz CT molecular complexity index is 617. The van der Waals surface area contributed by atoms with E-state index in [1.807, 2.05) is 17.8 Å². The molecule has 5 nitrogen and oxygen atoms in total. The summed E-state index contributed by atoms with van der Waals surface area (Å²) >= 11 is 2.45. The van der Waals surface area contributed by atoms with Crippen LogP contribution in [-0.2, 0) is 9.53 Å². The second-order valence-corrected chi connectivity index (χ2v) is 10.7. The number of fused-ring (bicyclic) bond motifs is 1. The Balaban J connectivity index is 1.16. The van der Waals surface area contributed by atoms with Crippen LogP contribution in [0.1, 0.15) is 38.5 Å². The van der Waals surface area contributed by atoms with Gasteiger partial charge in [0.1, 0.15) is 0 Å². The van der Waals surface area contributed by atoms with Crippen molar-refractivity contribution in [3.8, 4) is 0 Å². The molecule has 0 saturated carbocycles. The van der Waals surface area contributed by atoms with Crippen molar-refractivity contribution in [2.75, 3.05) is 12.4 Å². The summed E-state index contributed by atoms with van der Waals surface area (Å²) in [6.45, 7) is 0.545. The topological polar surface area (TPSA) is 67.4 Å². The predicted octanol–water partition coefficient (Wildman–Crippen LogP) is 2.48. The van der Waals surface area contributed by atoms with Gasteiger partial charge in [0.25, 0.3) is 0 Å². The fourth-order valence-corrected chi connectivity index (χ4v) is 6.93. The second-order valence-electron chi connectivity index (χ2n) is 6.96. The van der Waals surface area contributed by atoms with Gasteiger partial charge in [0.15, 0.2) is 0 Å². The Morgan fingerprint density at radius 3 is 2.85 bits per heavy atom. The van der Waals surface area contributed by atoms with Crippen molar-refractivity contribution in [1.82, 2.24) is 10.6 Å². The first kappa shape index (κ1) is 20.6. The van der Waals surface area contributed by atoms with E-state index in [1.54, 1.807) is 0 Å². The van der Waals surface area contributed by atoms with Crippen molar-refractivity contribution >= 4 is 43.2 Å². The molecule has 2 amide bonds. The van der Waals surface area contributed by atoms with Crippen molar-refractivity contribution in [3.05, 3.63) is 30.3 Å². The molecule has 2 heterocycles. The summed E-state index contributed by atoms with van der Waals surface area (Å²) in [6, 6.07) is 11.1. The monoisotopic (exact) mass is 456 g/mol. The van der Waals surface area contributed by atoms with Crippen molar-refractivity contribution in [3.63, 3.8) is 0 Å². The van der Waals surface area contributed by atoms with Crippen molar-refractivity contribution in [2.45, 2.75) is 61.2 Å². The molecule has 0 bridgehead atoms. The predicted molar refractivity (Wildman–Crippen MR) is 111 cm³/mol. The Hall–Kier alpha value is -1.17. The van der Waals surface area contributed by atoms with Gasteiger partial charge >= 0.3 is 145 Å². The number of unbranched alkanes of at least 4 members (excludes halogenated alkanes) is 2. The number of carbonyl (C=O) groups is 2. The summed E-state index contributed by atoms with van der Waals surface area (Å²) < 4.78 is 6.78. The molecule has 0 radical (unpaired) electrons. The Labute approximate surface area is 171 Å². The molecule has 3 rings (SSSR count). The minimum Gasteiger partial charge on any atom is -0.332 e. The Kier molecular flexibility index (Phi) is 8.36. The molecule has 2 N–H and O–H groups in total. The van der Waals surface area contributed by atoms with E-state index in [4.69, 9.17) is 4.74 Å². The molecule has 27 heavy (non-hydrogen) atoms. The number of nitrogens with one attached hydrogen (secondary N) is 2. The molecule has 0 aliphatic carbocycles. The summed E-state index contributed by atoms with van der Waals surface area (Å²) in [7, 11) is 0. The third-order valence-corrected chi connectivity index (χ3v) is 8.68. The van der Waals surface area contributed by atoms with E-state index in [0.29, 0.717) is 33.2 Å². The molecule has 2 fully saturated rings. The third kappa shape index (κ3) is 6.74. The molecule has 3 atom stereocenters. The van der Waals surface area contributed by atoms with Gasteiger partial charge in [0.2, 0.25) is 0 Å². The van der Waals surface area contributed by atoms with Crippen LogP contribution < -0.4 is 15.1 Å². The number of hydrogen-bond donors (Lipinski definition) is 2. The number of thioether (sulfide) groups is 1. The maximum Gasteiger partial charge on any atom is -0.332 e. The number of ether oxygens (including phenoxy) is 1. The van der Waals surface area contributed by atoms with E-state index < -0.39 is 0 Å². The zero-order valence-corrected chi connectivity index (χ0v) is 18.1. The molecule has 2 aliphatic rings. The summed E-state index contributed by atoms with van der Waals surface area (Å²) in [6.07, 6.45) is 5.49. The number of urea groups is 1. The summed E-state index contributed by atoms with van der Waals surface area (Å²) in [5, 5.41) is 7.63. The van der Waals surface area contributed by atoms with E-state index in [0.717, 1.165) is 37.9 Å². The summed E-state index contributed by atoms with van der Waals surface area (Å²) in [5.41, 5.74) is 0. The zero-order chi connectivity index (χ0) is 18.9. The molecule has 2 saturated heterocycles. The third-order valence-electron chi connectivity index (χ3n) is 4.87. The van der Waals surface area contributed by atoms with E-state index in [1.165, 1.54) is 9.78 Å². The normalized spacial score (nSPS) is 23.6. The Morgan fingerprint density at radius 1 is 1.15 bits per heavy atom. The fraction of sp³-hybridized carbons (Fsp3) is 0.600. The van der Waals surface area contributed by atoms with E-state index >= 15 is 0 Å². The number of hydrogen-bond acceptors (Lipinski definition) is 4. The molecule has 148 valence electrons. The molecule has 7 heteroatoms. The van der Waals surface area contributed by atoms with Crippen molar-refractivity contribution < 1.29 is 14.3 Å². The average molecular weight is 455 g/mol. The SMILES string of the molecule is O=C1N[C@H]2[C@H](CS[C@H]2CCCCC(=O)OCCCC[Se]c2ccccc2)N1.